The van der Waals surface area contributed by atoms with Gasteiger partial charge in [0.15, 0.2) is 5.82 Å². The predicted octanol–water partition coefficient (Wildman–Crippen LogP) is 0.600. The van der Waals surface area contributed by atoms with E-state index in [0.717, 1.165) is 6.54 Å². The molecule has 0 aliphatic carbocycles. The van der Waals surface area contributed by atoms with Gasteiger partial charge in [-0.1, -0.05) is 0 Å². The number of hydrogen-bond acceptors (Lipinski definition) is 7. The van der Waals surface area contributed by atoms with Gasteiger partial charge in [0.1, 0.15) is 18.2 Å². The van der Waals surface area contributed by atoms with Gasteiger partial charge < -0.3 is 25.6 Å². The van der Waals surface area contributed by atoms with Gasteiger partial charge in [-0.05, 0) is 20.8 Å². The molecule has 0 fully saturated rings. The van der Waals surface area contributed by atoms with Gasteiger partial charge in [0.2, 0.25) is 0 Å². The van der Waals surface area contributed by atoms with Crippen LogP contribution in [0.2, 0.25) is 0 Å². The van der Waals surface area contributed by atoms with E-state index in [9.17, 15) is 10.2 Å². The van der Waals surface area contributed by atoms with E-state index in [1.807, 2.05) is 13.8 Å². The Balaban J connectivity index is 2.95. The molecule has 1 rings (SSSR count). The van der Waals surface area contributed by atoms with Gasteiger partial charge >= 0.3 is 0 Å². The molecule has 0 spiro atoms. The first-order valence-electron chi connectivity index (χ1n) is 6.76. The maximum atomic E-state index is 9.32. The second-order valence-corrected chi connectivity index (χ2v) is 4.72. The molecule has 0 radical (unpaired) electrons. The van der Waals surface area contributed by atoms with Crippen molar-refractivity contribution in [2.75, 3.05) is 37.0 Å². The molecule has 0 saturated carbocycles. The third-order valence-corrected chi connectivity index (χ3v) is 2.69. The van der Waals surface area contributed by atoms with Gasteiger partial charge in [0.25, 0.3) is 0 Å². The fraction of sp³-hybridized carbons (Fsp3) is 0.692. The third-order valence-electron chi connectivity index (χ3n) is 2.69. The van der Waals surface area contributed by atoms with Crippen molar-refractivity contribution in [1.29, 1.82) is 0 Å². The van der Waals surface area contributed by atoms with Crippen molar-refractivity contribution >= 4 is 11.6 Å². The summed E-state index contributed by atoms with van der Waals surface area (Å²) in [5.41, 5.74) is -0.833. The van der Waals surface area contributed by atoms with Gasteiger partial charge in [0, 0.05) is 19.2 Å². The Morgan fingerprint density at radius 3 is 2.40 bits per heavy atom. The van der Waals surface area contributed by atoms with Crippen LogP contribution in [0.3, 0.4) is 0 Å². The first kappa shape index (κ1) is 16.6. The van der Waals surface area contributed by atoms with Crippen molar-refractivity contribution in [3.05, 3.63) is 11.9 Å². The average Bonchev–Trinajstić information content (AvgIpc) is 2.45. The zero-order valence-electron chi connectivity index (χ0n) is 12.3. The first-order valence-corrected chi connectivity index (χ1v) is 6.76. The van der Waals surface area contributed by atoms with Crippen LogP contribution < -0.4 is 10.6 Å². The van der Waals surface area contributed by atoms with Gasteiger partial charge in [-0.15, -0.1) is 0 Å². The van der Waals surface area contributed by atoms with Crippen LogP contribution in [0.4, 0.5) is 11.6 Å². The smallest absolute Gasteiger partial charge is 0.158 e. The van der Waals surface area contributed by atoms with Gasteiger partial charge in [-0.25, -0.2) is 9.97 Å². The molecule has 0 aliphatic rings. The number of rotatable bonds is 9. The Morgan fingerprint density at radius 2 is 1.85 bits per heavy atom. The quantitative estimate of drug-likeness (QED) is 0.527. The molecule has 0 amide bonds. The number of aliphatic hydroxyl groups excluding tert-OH is 2. The van der Waals surface area contributed by atoms with Crippen molar-refractivity contribution in [3.8, 4) is 0 Å². The van der Waals surface area contributed by atoms with Crippen molar-refractivity contribution in [3.63, 3.8) is 0 Å². The number of ether oxygens (including phenoxy) is 1. The summed E-state index contributed by atoms with van der Waals surface area (Å²) in [6.45, 7) is 6.83. The zero-order chi connectivity index (χ0) is 15.0. The van der Waals surface area contributed by atoms with Crippen LogP contribution in [0, 0.1) is 0 Å². The molecule has 0 atom stereocenters. The standard InChI is InChI=1S/C13H24N4O3/c1-4-14-10-6-11(17-13(3,8-18)9-19)16-12(15-10)7-20-5-2/h6,18-19H,4-5,7-9H2,1-3H3,(H2,14,15,16,17). The minimum absolute atomic E-state index is 0.204. The molecule has 0 aliphatic heterocycles. The second kappa shape index (κ2) is 7.98. The molecule has 0 saturated heterocycles. The SMILES string of the molecule is CCNc1cc(NC(C)(CO)CO)nc(COCC)n1. The minimum Gasteiger partial charge on any atom is -0.394 e. The van der Waals surface area contributed by atoms with Gasteiger partial charge in [-0.3, -0.25) is 0 Å². The predicted molar refractivity (Wildman–Crippen MR) is 77.7 cm³/mol. The van der Waals surface area contributed by atoms with Crippen LogP contribution in [0.15, 0.2) is 6.07 Å². The Bertz CT molecular complexity index is 411. The maximum absolute atomic E-state index is 9.32. The molecule has 0 unspecified atom stereocenters. The fourth-order valence-electron chi connectivity index (χ4n) is 1.53. The molecular formula is C13H24N4O3. The topological polar surface area (TPSA) is 99.5 Å². The van der Waals surface area contributed by atoms with Crippen molar-refractivity contribution in [2.24, 2.45) is 0 Å². The van der Waals surface area contributed by atoms with E-state index in [2.05, 4.69) is 20.6 Å². The first-order chi connectivity index (χ1) is 9.56. The number of anilines is 2. The van der Waals surface area contributed by atoms with Crippen LogP contribution in [0.1, 0.15) is 26.6 Å². The number of hydrogen-bond donors (Lipinski definition) is 4. The fourth-order valence-corrected chi connectivity index (χ4v) is 1.53. The molecule has 1 aromatic heterocycles. The van der Waals surface area contributed by atoms with Crippen LogP contribution in [-0.2, 0) is 11.3 Å². The number of aromatic nitrogens is 2. The van der Waals surface area contributed by atoms with E-state index in [4.69, 9.17) is 4.74 Å². The molecular weight excluding hydrogens is 260 g/mol. The van der Waals surface area contributed by atoms with Crippen molar-refractivity contribution in [1.82, 2.24) is 9.97 Å². The number of nitrogens with zero attached hydrogens (tertiary/aromatic N) is 2. The largest absolute Gasteiger partial charge is 0.394 e. The lowest BCUT2D eigenvalue weighted by Gasteiger charge is -2.27. The molecule has 20 heavy (non-hydrogen) atoms. The number of aliphatic hydroxyl groups is 2. The minimum atomic E-state index is -0.833. The Labute approximate surface area is 119 Å². The lowest BCUT2D eigenvalue weighted by atomic mass is 10.1. The Hall–Kier alpha value is -1.44. The monoisotopic (exact) mass is 284 g/mol. The normalized spacial score (nSPS) is 11.4. The molecule has 114 valence electrons. The van der Waals surface area contributed by atoms with Gasteiger partial charge in [-0.2, -0.15) is 0 Å². The van der Waals surface area contributed by atoms with E-state index < -0.39 is 5.54 Å². The highest BCUT2D eigenvalue weighted by Crippen LogP contribution is 2.17. The van der Waals surface area contributed by atoms with E-state index in [0.29, 0.717) is 30.7 Å². The molecule has 7 nitrogen and oxygen atoms in total. The summed E-state index contributed by atoms with van der Waals surface area (Å²) in [7, 11) is 0. The third kappa shape index (κ3) is 4.92. The average molecular weight is 284 g/mol. The van der Waals surface area contributed by atoms with Crippen LogP contribution >= 0.6 is 0 Å². The van der Waals surface area contributed by atoms with Crippen LogP contribution in [0.5, 0.6) is 0 Å². The van der Waals surface area contributed by atoms with E-state index in [1.165, 1.54) is 0 Å². The highest BCUT2D eigenvalue weighted by Gasteiger charge is 2.23. The summed E-state index contributed by atoms with van der Waals surface area (Å²) >= 11 is 0. The molecule has 0 aromatic carbocycles. The highest BCUT2D eigenvalue weighted by atomic mass is 16.5. The van der Waals surface area contributed by atoms with E-state index in [-0.39, 0.29) is 13.2 Å². The summed E-state index contributed by atoms with van der Waals surface area (Å²) in [6.07, 6.45) is 0. The van der Waals surface area contributed by atoms with Crippen molar-refractivity contribution in [2.45, 2.75) is 32.9 Å². The number of nitrogens with one attached hydrogen (secondary N) is 2. The van der Waals surface area contributed by atoms with E-state index >= 15 is 0 Å². The Morgan fingerprint density at radius 1 is 1.20 bits per heavy atom. The summed E-state index contributed by atoms with van der Waals surface area (Å²) in [5.74, 6) is 1.76. The zero-order valence-corrected chi connectivity index (χ0v) is 12.3. The molecule has 7 heteroatoms. The maximum Gasteiger partial charge on any atom is 0.158 e. The van der Waals surface area contributed by atoms with Gasteiger partial charge in [0.05, 0.1) is 18.8 Å². The molecule has 0 bridgehead atoms. The Kier molecular flexibility index (Phi) is 6.63. The summed E-state index contributed by atoms with van der Waals surface area (Å²) in [5, 5.41) is 24.8. The van der Waals surface area contributed by atoms with Crippen molar-refractivity contribution < 1.29 is 14.9 Å². The molecule has 4 N–H and O–H groups in total. The molecule has 1 heterocycles. The highest BCUT2D eigenvalue weighted by molar-refractivity contribution is 5.49. The summed E-state index contributed by atoms with van der Waals surface area (Å²) in [6, 6.07) is 1.74. The summed E-state index contributed by atoms with van der Waals surface area (Å²) < 4.78 is 5.31. The summed E-state index contributed by atoms with van der Waals surface area (Å²) in [4.78, 5) is 8.65. The van der Waals surface area contributed by atoms with Crippen LogP contribution in [-0.4, -0.2) is 52.1 Å². The lowest BCUT2D eigenvalue weighted by molar-refractivity contribution is 0.128. The molecule has 1 aromatic rings. The lowest BCUT2D eigenvalue weighted by Crippen LogP contribution is -2.42. The van der Waals surface area contributed by atoms with E-state index in [1.54, 1.807) is 13.0 Å². The van der Waals surface area contributed by atoms with Crippen LogP contribution in [0.25, 0.3) is 0 Å². The second-order valence-electron chi connectivity index (χ2n) is 4.72.